The number of imide groups is 1. The van der Waals surface area contributed by atoms with Gasteiger partial charge in [0.2, 0.25) is 11.8 Å². The first-order valence-electron chi connectivity index (χ1n) is 28.4. The molecule has 1 spiro atoms. The molecule has 5 aromatic rings. The Hall–Kier alpha value is -5.88. The van der Waals surface area contributed by atoms with Crippen LogP contribution in [-0.2, 0) is 33.7 Å². The second-order valence-corrected chi connectivity index (χ2v) is 23.9. The number of pyridine rings is 1. The fraction of sp³-hybridized carbons (Fsp3) is 0.567. The van der Waals surface area contributed by atoms with Gasteiger partial charge in [0.05, 0.1) is 11.0 Å². The summed E-state index contributed by atoms with van der Waals surface area (Å²) in [4.78, 5) is 64.0. The molecule has 2 N–H and O–H groups in total. The summed E-state index contributed by atoms with van der Waals surface area (Å²) in [6.07, 6.45) is 15.4. The van der Waals surface area contributed by atoms with E-state index in [0.717, 1.165) is 82.7 Å². The maximum atomic E-state index is 17.5. The fourth-order valence-electron chi connectivity index (χ4n) is 14.1. The molecule has 0 radical (unpaired) electrons. The Labute approximate surface area is 449 Å². The van der Waals surface area contributed by atoms with E-state index in [1.165, 1.54) is 51.7 Å². The maximum absolute atomic E-state index is 17.5. The van der Waals surface area contributed by atoms with Gasteiger partial charge in [0.1, 0.15) is 40.5 Å². The summed E-state index contributed by atoms with van der Waals surface area (Å²) in [5, 5.41) is 15.4. The number of ether oxygens (including phenoxy) is 2. The molecular formula is C60H73F2N9O6. The zero-order chi connectivity index (χ0) is 53.2. The number of amides is 3. The molecule has 17 heteroatoms. The summed E-state index contributed by atoms with van der Waals surface area (Å²) >= 11 is 0. The monoisotopic (exact) mass is 1050 g/mol. The van der Waals surface area contributed by atoms with Crippen LogP contribution in [0.15, 0.2) is 48.7 Å². The average Bonchev–Trinajstić information content (AvgIpc) is 4.14. The number of aryl methyl sites for hydroxylation is 2. The highest BCUT2D eigenvalue weighted by Crippen LogP contribution is 2.52. The second-order valence-electron chi connectivity index (χ2n) is 23.9. The number of β-amino-alcohol motifs (C(OH)–C–C–N with tert-alkyl or cyclic N) is 1. The Morgan fingerprint density at radius 3 is 2.38 bits per heavy atom. The Morgan fingerprint density at radius 1 is 0.857 bits per heavy atom. The SMILES string of the molecule is CCc1c(F)ccc2cc(OCOC)cc(-c3ncc4c(N5CCC[C@@](C)(O)C5)nc(CCC5(CN6CCC7(CCC(N8CCN(c9ccc%10c(c9)CN([C@H]9CCC(=O)NC9=O)C%10=O)CC8)CC7)CC6)CC5)nc4c3F)c12. The van der Waals surface area contributed by atoms with Crippen LogP contribution in [0.3, 0.4) is 0 Å². The lowest BCUT2D eigenvalue weighted by molar-refractivity contribution is -0.136. The highest BCUT2D eigenvalue weighted by Gasteiger charge is 2.47. The number of halogens is 2. The van der Waals surface area contributed by atoms with Crippen molar-refractivity contribution in [2.75, 3.05) is 82.6 Å². The molecule has 7 aliphatic rings. The second kappa shape index (κ2) is 20.7. The summed E-state index contributed by atoms with van der Waals surface area (Å²) in [6.45, 7) is 12.4. The molecule has 2 atom stereocenters. The molecule has 0 bridgehead atoms. The smallest absolute Gasteiger partial charge is 0.255 e. The van der Waals surface area contributed by atoms with Crippen molar-refractivity contribution in [2.24, 2.45) is 10.8 Å². The number of fused-ring (bicyclic) bond motifs is 3. The maximum Gasteiger partial charge on any atom is 0.255 e. The van der Waals surface area contributed by atoms with Crippen molar-refractivity contribution in [1.82, 2.24) is 35.0 Å². The predicted octanol–water partition coefficient (Wildman–Crippen LogP) is 8.34. The van der Waals surface area contributed by atoms with E-state index in [1.54, 1.807) is 23.2 Å². The molecule has 408 valence electrons. The number of aliphatic hydroxyl groups is 1. The van der Waals surface area contributed by atoms with Gasteiger partial charge in [0.15, 0.2) is 12.6 Å². The van der Waals surface area contributed by atoms with Crippen molar-refractivity contribution in [3.63, 3.8) is 0 Å². The lowest BCUT2D eigenvalue weighted by Gasteiger charge is -2.49. The van der Waals surface area contributed by atoms with Crippen molar-refractivity contribution in [2.45, 2.75) is 134 Å². The molecule has 3 amide bonds. The minimum absolute atomic E-state index is 0.00730. The van der Waals surface area contributed by atoms with Gasteiger partial charge in [-0.2, -0.15) is 0 Å². The summed E-state index contributed by atoms with van der Waals surface area (Å²) in [5.41, 5.74) is 3.54. The first kappa shape index (κ1) is 51.9. The molecule has 2 saturated carbocycles. The molecule has 12 rings (SSSR count). The summed E-state index contributed by atoms with van der Waals surface area (Å²) in [5.74, 6) is -0.121. The number of likely N-dealkylation sites (tertiary alicyclic amines) is 1. The van der Waals surface area contributed by atoms with Crippen LogP contribution in [0.5, 0.6) is 5.75 Å². The number of nitrogens with zero attached hydrogens (tertiary/aromatic N) is 8. The minimum atomic E-state index is -0.921. The average molecular weight is 1050 g/mol. The molecule has 3 aromatic carbocycles. The van der Waals surface area contributed by atoms with Gasteiger partial charge in [0.25, 0.3) is 5.91 Å². The van der Waals surface area contributed by atoms with Gasteiger partial charge in [-0.3, -0.25) is 29.6 Å². The number of rotatable bonds is 14. The quantitative estimate of drug-likeness (QED) is 0.0809. The molecule has 5 aliphatic heterocycles. The fourth-order valence-corrected chi connectivity index (χ4v) is 14.1. The van der Waals surface area contributed by atoms with Gasteiger partial charge in [-0.25, -0.2) is 18.7 Å². The standard InChI is InChI=1S/C60H73F2N9O6/c1-4-43-47(61)9-6-38-31-42(77-37-76-3)32-45(51(38)43)53-52(62)54-46(33-63-53)55(70-23-5-15-58(2,75)35-70)65-49(64-54)14-18-60(19-20-60)36-67-24-21-59(22-25-67)16-12-40(13-17-59)68-26-28-69(29-27-68)41-7-8-44-39(30-41)34-71(57(44)74)48-10-11-50(72)66-56(48)73/h6-9,30-33,40,48,75H,4-5,10-29,34-37H2,1-3H3,(H,66,72,73)/t48-,58+/m0/s1. The molecule has 6 fully saturated rings. The van der Waals surface area contributed by atoms with Gasteiger partial charge >= 0.3 is 0 Å². The Bertz CT molecular complexity index is 3100. The van der Waals surface area contributed by atoms with E-state index in [4.69, 9.17) is 24.4 Å². The van der Waals surface area contributed by atoms with E-state index in [0.29, 0.717) is 107 Å². The number of anilines is 2. The number of methoxy groups -OCH3 is 1. The van der Waals surface area contributed by atoms with Crippen molar-refractivity contribution in [1.29, 1.82) is 0 Å². The first-order chi connectivity index (χ1) is 37.2. The van der Waals surface area contributed by atoms with Crippen LogP contribution >= 0.6 is 0 Å². The van der Waals surface area contributed by atoms with Gasteiger partial charge in [-0.05, 0) is 173 Å². The molecule has 0 unspecified atom stereocenters. The number of nitrogens with one attached hydrogen (secondary N) is 1. The van der Waals surface area contributed by atoms with E-state index in [-0.39, 0.29) is 53.4 Å². The zero-order valence-corrected chi connectivity index (χ0v) is 45.0. The van der Waals surface area contributed by atoms with Crippen molar-refractivity contribution < 1.29 is 37.7 Å². The molecule has 15 nitrogen and oxygen atoms in total. The van der Waals surface area contributed by atoms with E-state index in [9.17, 15) is 19.5 Å². The first-order valence-corrected chi connectivity index (χ1v) is 28.4. The lowest BCUT2D eigenvalue weighted by atomic mass is 9.66. The Morgan fingerprint density at radius 2 is 1.65 bits per heavy atom. The number of piperidine rings is 3. The topological polar surface area (TPSA) is 157 Å². The number of piperazine rings is 1. The highest BCUT2D eigenvalue weighted by molar-refractivity contribution is 6.06. The molecule has 2 aromatic heterocycles. The van der Waals surface area contributed by atoms with Crippen LogP contribution in [-0.4, -0.2) is 143 Å². The van der Waals surface area contributed by atoms with Crippen molar-refractivity contribution >= 4 is 50.9 Å². The third kappa shape index (κ3) is 10.3. The molecular weight excluding hydrogens is 981 g/mol. The Balaban J connectivity index is 0.679. The summed E-state index contributed by atoms with van der Waals surface area (Å²) in [6, 6.07) is 12.7. The van der Waals surface area contributed by atoms with Gasteiger partial charge < -0.3 is 34.2 Å². The Kier molecular flexibility index (Phi) is 14.0. The van der Waals surface area contributed by atoms with Crippen LogP contribution in [0.4, 0.5) is 20.3 Å². The number of hydrogen-bond donors (Lipinski definition) is 2. The number of aromatic nitrogens is 3. The lowest BCUT2D eigenvalue weighted by Crippen LogP contribution is -2.52. The van der Waals surface area contributed by atoms with E-state index < -0.39 is 17.5 Å². The molecule has 7 heterocycles. The number of hydrogen-bond acceptors (Lipinski definition) is 13. The molecule has 77 heavy (non-hydrogen) atoms. The number of benzene rings is 3. The van der Waals surface area contributed by atoms with Crippen LogP contribution in [0.1, 0.15) is 125 Å². The minimum Gasteiger partial charge on any atom is -0.468 e. The summed E-state index contributed by atoms with van der Waals surface area (Å²) in [7, 11) is 1.53. The predicted molar refractivity (Wildman–Crippen MR) is 291 cm³/mol. The van der Waals surface area contributed by atoms with Crippen molar-refractivity contribution in [3.8, 4) is 17.0 Å². The van der Waals surface area contributed by atoms with Gasteiger partial charge in [-0.1, -0.05) is 13.0 Å². The molecule has 4 saturated heterocycles. The summed E-state index contributed by atoms with van der Waals surface area (Å²) < 4.78 is 44.0. The van der Waals surface area contributed by atoms with Crippen molar-refractivity contribution in [3.05, 3.63) is 82.8 Å². The van der Waals surface area contributed by atoms with Crippen LogP contribution in [0, 0.1) is 22.5 Å². The van der Waals surface area contributed by atoms with E-state index in [2.05, 4.69) is 31.0 Å². The third-order valence-electron chi connectivity index (χ3n) is 18.8. The largest absolute Gasteiger partial charge is 0.468 e. The number of carbonyl (C=O) groups excluding carboxylic acids is 3. The van der Waals surface area contributed by atoms with Crippen LogP contribution in [0.2, 0.25) is 0 Å². The molecule has 2 aliphatic carbocycles. The third-order valence-corrected chi connectivity index (χ3v) is 18.8. The van der Waals surface area contributed by atoms with E-state index >= 15 is 8.78 Å². The van der Waals surface area contributed by atoms with Gasteiger partial charge in [-0.15, -0.1) is 0 Å². The number of carbonyl (C=O) groups is 3. The zero-order valence-electron chi connectivity index (χ0n) is 45.0. The normalized spacial score (nSPS) is 24.1. The van der Waals surface area contributed by atoms with E-state index in [1.807, 2.05) is 32.0 Å². The van der Waals surface area contributed by atoms with Gasteiger partial charge in [0, 0.05) is 101 Å². The van der Waals surface area contributed by atoms with Crippen LogP contribution < -0.4 is 19.9 Å². The highest BCUT2D eigenvalue weighted by atomic mass is 19.1. The van der Waals surface area contributed by atoms with Crippen LogP contribution in [0.25, 0.3) is 32.9 Å².